The maximum atomic E-state index is 11.9. The summed E-state index contributed by atoms with van der Waals surface area (Å²) in [6.45, 7) is 0.963. The number of benzene rings is 1. The molecule has 2 N–H and O–H groups in total. The van der Waals surface area contributed by atoms with Crippen LogP contribution in [0.25, 0.3) is 5.69 Å². The zero-order valence-electron chi connectivity index (χ0n) is 9.49. The molecule has 0 aliphatic rings. The van der Waals surface area contributed by atoms with Crippen LogP contribution >= 0.6 is 24.0 Å². The average molecular weight is 290 g/mol. The van der Waals surface area contributed by atoms with Gasteiger partial charge >= 0.3 is 5.69 Å². The molecule has 0 saturated heterocycles. The number of aromatic nitrogens is 4. The highest BCUT2D eigenvalue weighted by Crippen LogP contribution is 2.16. The second kappa shape index (κ2) is 6.53. The highest BCUT2D eigenvalue weighted by Gasteiger charge is 2.10. The number of halogens is 2. The van der Waals surface area contributed by atoms with Crippen LogP contribution in [0.3, 0.4) is 0 Å². The molecule has 8 heteroatoms. The van der Waals surface area contributed by atoms with Crippen LogP contribution in [0.1, 0.15) is 6.42 Å². The molecule has 2 rings (SSSR count). The minimum Gasteiger partial charge on any atom is -0.330 e. The number of para-hydroxylation sites is 1. The summed E-state index contributed by atoms with van der Waals surface area (Å²) in [6, 6.07) is 6.98. The first-order chi connectivity index (χ1) is 8.24. The highest BCUT2D eigenvalue weighted by atomic mass is 35.5. The predicted molar refractivity (Wildman–Crippen MR) is 71.5 cm³/mol. The Hall–Kier alpha value is -1.37. The van der Waals surface area contributed by atoms with Crippen LogP contribution in [0.2, 0.25) is 5.02 Å². The molecular formula is C10H13Cl2N5O. The van der Waals surface area contributed by atoms with Crippen molar-refractivity contribution in [2.75, 3.05) is 6.54 Å². The lowest BCUT2D eigenvalue weighted by molar-refractivity contribution is 0.550. The van der Waals surface area contributed by atoms with E-state index in [2.05, 4.69) is 10.4 Å². The lowest BCUT2D eigenvalue weighted by atomic mass is 10.3. The summed E-state index contributed by atoms with van der Waals surface area (Å²) >= 11 is 5.99. The summed E-state index contributed by atoms with van der Waals surface area (Å²) < 4.78 is 2.45. The number of hydrogen-bond acceptors (Lipinski definition) is 4. The van der Waals surface area contributed by atoms with Crippen molar-refractivity contribution < 1.29 is 0 Å². The Morgan fingerprint density at radius 2 is 2.00 bits per heavy atom. The van der Waals surface area contributed by atoms with Crippen molar-refractivity contribution in [3.05, 3.63) is 39.8 Å². The second-order valence-corrected chi connectivity index (χ2v) is 3.90. The van der Waals surface area contributed by atoms with Crippen molar-refractivity contribution in [2.45, 2.75) is 13.0 Å². The molecule has 98 valence electrons. The fraction of sp³-hybridized carbons (Fsp3) is 0.300. The van der Waals surface area contributed by atoms with Crippen molar-refractivity contribution >= 4 is 24.0 Å². The van der Waals surface area contributed by atoms with Crippen molar-refractivity contribution in [3.8, 4) is 5.69 Å². The van der Waals surface area contributed by atoms with Gasteiger partial charge in [0.1, 0.15) is 0 Å². The van der Waals surface area contributed by atoms with E-state index in [0.29, 0.717) is 30.2 Å². The summed E-state index contributed by atoms with van der Waals surface area (Å²) in [7, 11) is 0. The number of hydrogen-bond donors (Lipinski definition) is 1. The van der Waals surface area contributed by atoms with Gasteiger partial charge in [-0.05, 0) is 35.5 Å². The fourth-order valence-corrected chi connectivity index (χ4v) is 1.65. The van der Waals surface area contributed by atoms with Crippen LogP contribution in [-0.2, 0) is 6.54 Å². The third-order valence-electron chi connectivity index (χ3n) is 2.29. The van der Waals surface area contributed by atoms with E-state index in [1.54, 1.807) is 24.3 Å². The number of rotatable bonds is 4. The standard InChI is InChI=1S/C10H12ClN5O.ClH/c11-8-4-1-2-5-9(8)16-10(17)15(13-14-16)7-3-6-12;/h1-2,4-5H,3,6-7,12H2;1H. The van der Waals surface area contributed by atoms with Gasteiger partial charge in [0.2, 0.25) is 0 Å². The topological polar surface area (TPSA) is 78.7 Å². The molecule has 1 aromatic carbocycles. The molecule has 0 radical (unpaired) electrons. The molecular weight excluding hydrogens is 277 g/mol. The van der Waals surface area contributed by atoms with Gasteiger partial charge in [-0.1, -0.05) is 23.7 Å². The Labute approximate surface area is 115 Å². The van der Waals surface area contributed by atoms with E-state index in [1.165, 1.54) is 9.36 Å². The van der Waals surface area contributed by atoms with Gasteiger partial charge in [-0.3, -0.25) is 0 Å². The lowest BCUT2D eigenvalue weighted by Gasteiger charge is -2.00. The van der Waals surface area contributed by atoms with Gasteiger partial charge in [-0.15, -0.1) is 12.4 Å². The number of aryl methyl sites for hydroxylation is 1. The Kier molecular flexibility index (Phi) is 5.33. The van der Waals surface area contributed by atoms with Crippen molar-refractivity contribution in [3.63, 3.8) is 0 Å². The predicted octanol–water partition coefficient (Wildman–Crippen LogP) is 0.853. The second-order valence-electron chi connectivity index (χ2n) is 3.49. The molecule has 0 aliphatic carbocycles. The summed E-state index contributed by atoms with van der Waals surface area (Å²) in [6.07, 6.45) is 0.682. The maximum absolute atomic E-state index is 11.9. The minimum atomic E-state index is -0.313. The average Bonchev–Trinajstić information content (AvgIpc) is 2.69. The molecule has 0 fully saturated rings. The normalized spacial score (nSPS) is 10.1. The molecule has 0 saturated carbocycles. The maximum Gasteiger partial charge on any atom is 0.368 e. The molecule has 0 bridgehead atoms. The highest BCUT2D eigenvalue weighted by molar-refractivity contribution is 6.32. The van der Waals surface area contributed by atoms with E-state index in [9.17, 15) is 4.79 Å². The van der Waals surface area contributed by atoms with Crippen LogP contribution in [0.4, 0.5) is 0 Å². The molecule has 0 spiro atoms. The van der Waals surface area contributed by atoms with Crippen LogP contribution < -0.4 is 11.4 Å². The summed E-state index contributed by atoms with van der Waals surface area (Å²) in [4.78, 5) is 11.9. The third kappa shape index (κ3) is 2.90. The molecule has 1 heterocycles. The molecule has 0 amide bonds. The monoisotopic (exact) mass is 289 g/mol. The summed E-state index contributed by atoms with van der Waals surface area (Å²) in [5, 5.41) is 8.02. The smallest absolute Gasteiger partial charge is 0.330 e. The molecule has 0 aliphatic heterocycles. The molecule has 18 heavy (non-hydrogen) atoms. The largest absolute Gasteiger partial charge is 0.368 e. The SMILES string of the molecule is Cl.NCCCn1nnn(-c2ccccc2Cl)c1=O. The number of nitrogens with two attached hydrogens (primary N) is 1. The van der Waals surface area contributed by atoms with Crippen molar-refractivity contribution in [1.29, 1.82) is 0 Å². The third-order valence-corrected chi connectivity index (χ3v) is 2.61. The Morgan fingerprint density at radius 3 is 2.67 bits per heavy atom. The van der Waals surface area contributed by atoms with Gasteiger partial charge in [0.25, 0.3) is 0 Å². The number of nitrogens with zero attached hydrogens (tertiary/aromatic N) is 4. The van der Waals surface area contributed by atoms with Gasteiger partial charge in [-0.25, -0.2) is 4.79 Å². The van der Waals surface area contributed by atoms with E-state index in [4.69, 9.17) is 17.3 Å². The van der Waals surface area contributed by atoms with Crippen molar-refractivity contribution in [2.24, 2.45) is 5.73 Å². The van der Waals surface area contributed by atoms with Gasteiger partial charge < -0.3 is 5.73 Å². The van der Waals surface area contributed by atoms with Crippen LogP contribution in [-0.4, -0.2) is 26.3 Å². The van der Waals surface area contributed by atoms with E-state index in [-0.39, 0.29) is 18.1 Å². The van der Waals surface area contributed by atoms with Gasteiger partial charge in [0, 0.05) is 6.54 Å². The van der Waals surface area contributed by atoms with Crippen LogP contribution in [0.5, 0.6) is 0 Å². The van der Waals surface area contributed by atoms with E-state index >= 15 is 0 Å². The Bertz CT molecular complexity index is 565. The van der Waals surface area contributed by atoms with E-state index in [1.807, 2.05) is 0 Å². The molecule has 0 atom stereocenters. The zero-order valence-corrected chi connectivity index (χ0v) is 11.1. The first-order valence-electron chi connectivity index (χ1n) is 5.22. The van der Waals surface area contributed by atoms with E-state index in [0.717, 1.165) is 0 Å². The summed E-state index contributed by atoms with van der Waals surface area (Å²) in [5.74, 6) is 0. The van der Waals surface area contributed by atoms with Crippen molar-refractivity contribution in [1.82, 2.24) is 19.8 Å². The Morgan fingerprint density at radius 1 is 1.28 bits per heavy atom. The van der Waals surface area contributed by atoms with E-state index < -0.39 is 0 Å². The fourth-order valence-electron chi connectivity index (χ4n) is 1.43. The number of tetrazole rings is 1. The van der Waals surface area contributed by atoms with Crippen LogP contribution in [0.15, 0.2) is 29.1 Å². The molecule has 1 aromatic heterocycles. The first kappa shape index (κ1) is 14.7. The quantitative estimate of drug-likeness (QED) is 0.905. The molecule has 6 nitrogen and oxygen atoms in total. The zero-order chi connectivity index (χ0) is 12.3. The summed E-state index contributed by atoms with van der Waals surface area (Å²) in [5.41, 5.74) is 5.59. The molecule has 2 aromatic rings. The molecule has 0 unspecified atom stereocenters. The first-order valence-corrected chi connectivity index (χ1v) is 5.59. The van der Waals surface area contributed by atoms with Crippen LogP contribution in [0, 0.1) is 0 Å². The van der Waals surface area contributed by atoms with Gasteiger partial charge in [0.15, 0.2) is 0 Å². The lowest BCUT2D eigenvalue weighted by Crippen LogP contribution is -2.25. The minimum absolute atomic E-state index is 0. The van der Waals surface area contributed by atoms with Gasteiger partial charge in [0.05, 0.1) is 10.7 Å². The van der Waals surface area contributed by atoms with Gasteiger partial charge in [-0.2, -0.15) is 9.36 Å². The Balaban J connectivity index is 0.00000162.